The molecule has 0 aromatic heterocycles. The van der Waals surface area contributed by atoms with Crippen LogP contribution in [-0.2, 0) is 21.1 Å². The molecule has 6 nitrogen and oxygen atoms in total. The van der Waals surface area contributed by atoms with Crippen LogP contribution in [0.4, 0.5) is 18.9 Å². The zero-order valence-electron chi connectivity index (χ0n) is 16.3. The average Bonchev–Trinajstić information content (AvgIpc) is 3.14. The number of alkyl halides is 3. The summed E-state index contributed by atoms with van der Waals surface area (Å²) in [6.45, 7) is 0. The van der Waals surface area contributed by atoms with Crippen molar-refractivity contribution >= 4 is 50.0 Å². The van der Waals surface area contributed by atoms with E-state index < -0.39 is 33.9 Å². The first-order valence-corrected chi connectivity index (χ1v) is 12.5. The monoisotopic (exact) mass is 504 g/mol. The van der Waals surface area contributed by atoms with Gasteiger partial charge in [0.05, 0.1) is 24.0 Å². The van der Waals surface area contributed by atoms with Crippen molar-refractivity contribution in [2.24, 2.45) is 4.99 Å². The van der Waals surface area contributed by atoms with Crippen LogP contribution in [0.2, 0.25) is 5.02 Å². The maximum atomic E-state index is 12.6. The minimum Gasteiger partial charge on any atom is -0.406 e. The Bertz CT molecular complexity index is 1150. The summed E-state index contributed by atoms with van der Waals surface area (Å²) in [4.78, 5) is 18.4. The molecule has 2 aromatic rings. The Hall–Kier alpha value is -2.24. The highest BCUT2D eigenvalue weighted by Gasteiger charge is 2.49. The van der Waals surface area contributed by atoms with Crippen LogP contribution in [0.15, 0.2) is 53.5 Å². The lowest BCUT2D eigenvalue weighted by Crippen LogP contribution is -2.37. The number of benzene rings is 2. The van der Waals surface area contributed by atoms with E-state index in [1.165, 1.54) is 23.9 Å². The molecule has 2 aliphatic rings. The maximum Gasteiger partial charge on any atom is 0.573 e. The molecule has 2 atom stereocenters. The molecule has 1 amide bonds. The molecule has 0 bridgehead atoms. The molecule has 0 unspecified atom stereocenters. The highest BCUT2D eigenvalue weighted by atomic mass is 35.5. The van der Waals surface area contributed by atoms with Gasteiger partial charge < -0.3 is 9.64 Å². The Balaban J connectivity index is 1.60. The van der Waals surface area contributed by atoms with Gasteiger partial charge in [-0.3, -0.25) is 4.79 Å². The second-order valence-corrected chi connectivity index (χ2v) is 11.1. The van der Waals surface area contributed by atoms with Crippen LogP contribution in [0.1, 0.15) is 5.56 Å². The van der Waals surface area contributed by atoms with Gasteiger partial charge in [-0.25, -0.2) is 8.42 Å². The average molecular weight is 505 g/mol. The van der Waals surface area contributed by atoms with Gasteiger partial charge in [0.2, 0.25) is 0 Å². The Morgan fingerprint density at radius 1 is 1.12 bits per heavy atom. The lowest BCUT2D eigenvalue weighted by molar-refractivity contribution is -0.274. The van der Waals surface area contributed by atoms with Crippen molar-refractivity contribution in [3.05, 3.63) is 59.1 Å². The van der Waals surface area contributed by atoms with E-state index >= 15 is 0 Å². The second-order valence-electron chi connectivity index (χ2n) is 7.30. The maximum absolute atomic E-state index is 12.6. The molecule has 2 saturated heterocycles. The van der Waals surface area contributed by atoms with E-state index in [-0.39, 0.29) is 23.2 Å². The van der Waals surface area contributed by atoms with Gasteiger partial charge in [0, 0.05) is 16.0 Å². The second kappa shape index (κ2) is 8.60. The number of hydrogen-bond donors (Lipinski definition) is 0. The van der Waals surface area contributed by atoms with E-state index in [0.717, 1.165) is 17.7 Å². The van der Waals surface area contributed by atoms with Gasteiger partial charge in [-0.15, -0.1) is 13.2 Å². The number of carbonyl (C=O) groups excluding carboxylic acids is 1. The molecular formula is C20H16ClF3N2O4S2. The van der Waals surface area contributed by atoms with E-state index in [1.807, 2.05) is 0 Å². The van der Waals surface area contributed by atoms with Gasteiger partial charge in [0.1, 0.15) is 5.75 Å². The molecule has 2 aliphatic heterocycles. The fourth-order valence-corrected chi connectivity index (χ4v) is 7.66. The van der Waals surface area contributed by atoms with Crippen molar-refractivity contribution < 1.29 is 31.1 Å². The lowest BCUT2D eigenvalue weighted by atomic mass is 10.1. The van der Waals surface area contributed by atoms with Crippen LogP contribution in [0.25, 0.3) is 0 Å². The zero-order chi connectivity index (χ0) is 23.1. The van der Waals surface area contributed by atoms with Crippen LogP contribution in [0.3, 0.4) is 0 Å². The normalized spacial score (nSPS) is 23.4. The number of hydrogen-bond acceptors (Lipinski definition) is 5. The van der Waals surface area contributed by atoms with E-state index in [9.17, 15) is 26.4 Å². The predicted molar refractivity (Wildman–Crippen MR) is 117 cm³/mol. The van der Waals surface area contributed by atoms with Crippen molar-refractivity contribution in [3.63, 3.8) is 0 Å². The topological polar surface area (TPSA) is 76.0 Å². The smallest absolute Gasteiger partial charge is 0.406 e. The number of aliphatic imine (C=N–C) groups is 1. The van der Waals surface area contributed by atoms with Crippen molar-refractivity contribution in [2.45, 2.75) is 24.1 Å². The quantitative estimate of drug-likeness (QED) is 0.624. The number of amidine groups is 1. The highest BCUT2D eigenvalue weighted by Crippen LogP contribution is 2.41. The summed E-state index contributed by atoms with van der Waals surface area (Å²) in [5.41, 5.74) is 1.14. The van der Waals surface area contributed by atoms with E-state index in [0.29, 0.717) is 15.9 Å². The van der Waals surface area contributed by atoms with E-state index in [1.54, 1.807) is 29.2 Å². The standard InChI is InChI=1S/C20H16ClF3N2O4S2/c21-13-3-1-12(2-4-13)9-18(27)25-19-26(16-10-32(28,29)11-17(16)31-19)14-5-7-15(8-6-14)30-20(22,23)24/h1-8,16-17H,9-11H2/t16-,17-/m1/s1. The molecule has 32 heavy (non-hydrogen) atoms. The molecule has 2 fully saturated rings. The van der Waals surface area contributed by atoms with Gasteiger partial charge in [0.25, 0.3) is 5.91 Å². The third kappa shape index (κ3) is 5.38. The largest absolute Gasteiger partial charge is 0.573 e. The summed E-state index contributed by atoms with van der Waals surface area (Å²) < 4.78 is 65.5. The first-order chi connectivity index (χ1) is 15.0. The first kappa shape index (κ1) is 22.9. The molecular weight excluding hydrogens is 489 g/mol. The van der Waals surface area contributed by atoms with Gasteiger partial charge in [-0.1, -0.05) is 35.5 Å². The minimum atomic E-state index is -4.82. The molecule has 12 heteroatoms. The van der Waals surface area contributed by atoms with Crippen LogP contribution in [-0.4, -0.2) is 48.7 Å². The number of ether oxygens (including phenoxy) is 1. The van der Waals surface area contributed by atoms with Crippen LogP contribution in [0.5, 0.6) is 5.75 Å². The molecule has 2 aromatic carbocycles. The highest BCUT2D eigenvalue weighted by molar-refractivity contribution is 8.16. The molecule has 0 aliphatic carbocycles. The van der Waals surface area contributed by atoms with Crippen molar-refractivity contribution in [2.75, 3.05) is 16.4 Å². The SMILES string of the molecule is O=C(Cc1ccc(Cl)cc1)N=C1S[C@@H]2CS(=O)(=O)C[C@H]2N1c1ccc(OC(F)(F)F)cc1. The number of halogens is 4. The summed E-state index contributed by atoms with van der Waals surface area (Å²) in [7, 11) is -3.27. The summed E-state index contributed by atoms with van der Waals surface area (Å²) in [5, 5.41) is 0.531. The van der Waals surface area contributed by atoms with Crippen LogP contribution in [0, 0.1) is 0 Å². The predicted octanol–water partition coefficient (Wildman–Crippen LogP) is 4.08. The third-order valence-corrected chi connectivity index (χ3v) is 8.37. The molecule has 170 valence electrons. The zero-order valence-corrected chi connectivity index (χ0v) is 18.6. The number of anilines is 1. The number of sulfone groups is 1. The Kier molecular flexibility index (Phi) is 6.17. The molecule has 0 radical (unpaired) electrons. The summed E-state index contributed by atoms with van der Waals surface area (Å²) in [6.07, 6.45) is -4.79. The molecule has 2 heterocycles. The minimum absolute atomic E-state index is 0.0288. The fourth-order valence-electron chi connectivity index (χ4n) is 3.60. The number of rotatable bonds is 4. The van der Waals surface area contributed by atoms with E-state index in [4.69, 9.17) is 11.6 Å². The summed E-state index contributed by atoms with van der Waals surface area (Å²) in [6, 6.07) is 11.3. The Morgan fingerprint density at radius 2 is 1.78 bits per heavy atom. The molecule has 0 spiro atoms. The summed E-state index contributed by atoms with van der Waals surface area (Å²) in [5.74, 6) is -1.02. The molecule has 0 N–H and O–H groups in total. The van der Waals surface area contributed by atoms with Crippen molar-refractivity contribution in [1.29, 1.82) is 0 Å². The van der Waals surface area contributed by atoms with Gasteiger partial charge in [-0.05, 0) is 42.0 Å². The first-order valence-electron chi connectivity index (χ1n) is 9.37. The number of nitrogens with zero attached hydrogens (tertiary/aromatic N) is 2. The third-order valence-electron chi connectivity index (χ3n) is 4.90. The Morgan fingerprint density at radius 3 is 2.41 bits per heavy atom. The van der Waals surface area contributed by atoms with Gasteiger partial charge >= 0.3 is 6.36 Å². The molecule has 4 rings (SSSR count). The lowest BCUT2D eigenvalue weighted by Gasteiger charge is -2.24. The number of fused-ring (bicyclic) bond motifs is 1. The number of amides is 1. The van der Waals surface area contributed by atoms with E-state index in [2.05, 4.69) is 9.73 Å². The number of carbonyl (C=O) groups is 1. The van der Waals surface area contributed by atoms with Crippen LogP contribution >= 0.6 is 23.4 Å². The fraction of sp³-hybridized carbons (Fsp3) is 0.300. The molecule has 0 saturated carbocycles. The van der Waals surface area contributed by atoms with Gasteiger partial charge in [0.15, 0.2) is 15.0 Å². The van der Waals surface area contributed by atoms with Crippen molar-refractivity contribution in [3.8, 4) is 5.75 Å². The van der Waals surface area contributed by atoms with Crippen LogP contribution < -0.4 is 9.64 Å². The van der Waals surface area contributed by atoms with Crippen molar-refractivity contribution in [1.82, 2.24) is 0 Å². The summed E-state index contributed by atoms with van der Waals surface area (Å²) >= 11 is 7.04. The Labute approximate surface area is 191 Å². The van der Waals surface area contributed by atoms with Gasteiger partial charge in [-0.2, -0.15) is 4.99 Å². The number of thioether (sulfide) groups is 1.